The predicted molar refractivity (Wildman–Crippen MR) is 68.8 cm³/mol. The van der Waals surface area contributed by atoms with Crippen LogP contribution in [0.4, 0.5) is 10.2 Å². The van der Waals surface area contributed by atoms with Crippen LogP contribution in [0.15, 0.2) is 24.4 Å². The highest BCUT2D eigenvalue weighted by Gasteiger charge is 2.14. The van der Waals surface area contributed by atoms with Crippen molar-refractivity contribution in [3.8, 4) is 11.8 Å². The number of nitrogens with one attached hydrogen (secondary N) is 1. The molecule has 20 heavy (non-hydrogen) atoms. The molecule has 2 rings (SSSR count). The molecule has 0 spiro atoms. The van der Waals surface area contributed by atoms with Crippen LogP contribution < -0.4 is 10.1 Å². The van der Waals surface area contributed by atoms with Gasteiger partial charge in [-0.2, -0.15) is 10.4 Å². The van der Waals surface area contributed by atoms with Gasteiger partial charge in [0.25, 0.3) is 5.91 Å². The summed E-state index contributed by atoms with van der Waals surface area (Å²) in [5.74, 6) is -0.783. The van der Waals surface area contributed by atoms with Crippen molar-refractivity contribution in [1.29, 1.82) is 5.26 Å². The van der Waals surface area contributed by atoms with Crippen molar-refractivity contribution in [2.45, 2.75) is 0 Å². The summed E-state index contributed by atoms with van der Waals surface area (Å²) < 4.78 is 19.5. The van der Waals surface area contributed by atoms with Crippen molar-refractivity contribution >= 4 is 11.7 Å². The average Bonchev–Trinajstić information content (AvgIpc) is 2.80. The molecule has 0 atom stereocenters. The molecule has 0 aliphatic heterocycles. The van der Waals surface area contributed by atoms with Crippen LogP contribution in [-0.4, -0.2) is 22.8 Å². The van der Waals surface area contributed by atoms with Crippen molar-refractivity contribution in [1.82, 2.24) is 9.78 Å². The van der Waals surface area contributed by atoms with Crippen LogP contribution in [0.3, 0.4) is 0 Å². The summed E-state index contributed by atoms with van der Waals surface area (Å²) >= 11 is 0. The first kappa shape index (κ1) is 13.5. The fourth-order valence-electron chi connectivity index (χ4n) is 1.65. The standard InChI is InChI=1S/C13H11FN4O2/c1-18-12(9(6-15)7-16-18)17-13(19)8-3-4-10(14)11(5-8)20-2/h3-5,7H,1-2H3,(H,17,19). The molecule has 0 saturated heterocycles. The Morgan fingerprint density at radius 2 is 2.30 bits per heavy atom. The summed E-state index contributed by atoms with van der Waals surface area (Å²) in [4.78, 5) is 12.1. The summed E-state index contributed by atoms with van der Waals surface area (Å²) in [7, 11) is 2.91. The van der Waals surface area contributed by atoms with Crippen molar-refractivity contribution in [3.05, 3.63) is 41.3 Å². The van der Waals surface area contributed by atoms with Gasteiger partial charge in [-0.05, 0) is 18.2 Å². The molecule has 1 N–H and O–H groups in total. The number of hydrogen-bond acceptors (Lipinski definition) is 4. The Labute approximate surface area is 114 Å². The van der Waals surface area contributed by atoms with Crippen LogP contribution in [0.2, 0.25) is 0 Å². The van der Waals surface area contributed by atoms with Gasteiger partial charge in [-0.15, -0.1) is 0 Å². The van der Waals surface area contributed by atoms with Gasteiger partial charge >= 0.3 is 0 Å². The van der Waals surface area contributed by atoms with Gasteiger partial charge in [-0.25, -0.2) is 4.39 Å². The molecule has 0 fully saturated rings. The number of ether oxygens (including phenoxy) is 1. The number of anilines is 1. The van der Waals surface area contributed by atoms with E-state index in [2.05, 4.69) is 10.4 Å². The van der Waals surface area contributed by atoms with Crippen molar-refractivity contribution in [2.24, 2.45) is 7.05 Å². The second kappa shape index (κ2) is 5.40. The van der Waals surface area contributed by atoms with E-state index in [1.54, 1.807) is 7.05 Å². The lowest BCUT2D eigenvalue weighted by Gasteiger charge is -2.08. The number of nitriles is 1. The van der Waals surface area contributed by atoms with E-state index in [-0.39, 0.29) is 22.7 Å². The van der Waals surface area contributed by atoms with E-state index in [0.29, 0.717) is 0 Å². The number of carbonyl (C=O) groups is 1. The molecule has 0 saturated carbocycles. The molecule has 0 unspecified atom stereocenters. The zero-order valence-electron chi connectivity index (χ0n) is 10.8. The largest absolute Gasteiger partial charge is 0.494 e. The maximum atomic E-state index is 13.3. The number of halogens is 1. The lowest BCUT2D eigenvalue weighted by atomic mass is 10.2. The van der Waals surface area contributed by atoms with Crippen LogP contribution >= 0.6 is 0 Å². The van der Waals surface area contributed by atoms with Gasteiger partial charge < -0.3 is 10.1 Å². The van der Waals surface area contributed by atoms with Crippen molar-refractivity contribution in [3.63, 3.8) is 0 Å². The molecule has 7 heteroatoms. The summed E-state index contributed by atoms with van der Waals surface area (Å²) in [6.45, 7) is 0. The van der Waals surface area contributed by atoms with E-state index in [4.69, 9.17) is 10.00 Å². The first-order valence-corrected chi connectivity index (χ1v) is 5.63. The lowest BCUT2D eigenvalue weighted by molar-refractivity contribution is 0.102. The Balaban J connectivity index is 2.29. The highest BCUT2D eigenvalue weighted by atomic mass is 19.1. The van der Waals surface area contributed by atoms with E-state index in [9.17, 15) is 9.18 Å². The number of hydrogen-bond donors (Lipinski definition) is 1. The number of amides is 1. The van der Waals surface area contributed by atoms with Crippen LogP contribution in [-0.2, 0) is 7.05 Å². The van der Waals surface area contributed by atoms with Crippen molar-refractivity contribution < 1.29 is 13.9 Å². The zero-order valence-corrected chi connectivity index (χ0v) is 10.8. The third-order valence-corrected chi connectivity index (χ3v) is 2.70. The number of methoxy groups -OCH3 is 1. The molecule has 1 aromatic carbocycles. The Kier molecular flexibility index (Phi) is 3.66. The van der Waals surface area contributed by atoms with Crippen LogP contribution in [0, 0.1) is 17.1 Å². The van der Waals surface area contributed by atoms with E-state index < -0.39 is 11.7 Å². The van der Waals surface area contributed by atoms with Crippen LogP contribution in [0.25, 0.3) is 0 Å². The average molecular weight is 274 g/mol. The van der Waals surface area contributed by atoms with Gasteiger partial charge in [-0.3, -0.25) is 9.48 Å². The number of carbonyl (C=O) groups excluding carboxylic acids is 1. The smallest absolute Gasteiger partial charge is 0.256 e. The molecule has 0 aliphatic carbocycles. The highest BCUT2D eigenvalue weighted by molar-refractivity contribution is 6.04. The quantitative estimate of drug-likeness (QED) is 0.923. The normalized spacial score (nSPS) is 9.90. The van der Waals surface area contributed by atoms with Gasteiger partial charge in [0.2, 0.25) is 0 Å². The molecule has 2 aromatic rings. The maximum absolute atomic E-state index is 13.3. The SMILES string of the molecule is COc1cc(C(=O)Nc2c(C#N)cnn2C)ccc1F. The Morgan fingerprint density at radius 1 is 1.55 bits per heavy atom. The van der Waals surface area contributed by atoms with Crippen LogP contribution in [0.1, 0.15) is 15.9 Å². The third kappa shape index (κ3) is 2.44. The lowest BCUT2D eigenvalue weighted by Crippen LogP contribution is -2.15. The number of benzene rings is 1. The Morgan fingerprint density at radius 3 is 2.95 bits per heavy atom. The van der Waals surface area contributed by atoms with E-state index in [1.165, 1.54) is 30.1 Å². The molecular weight excluding hydrogens is 263 g/mol. The van der Waals surface area contributed by atoms with E-state index >= 15 is 0 Å². The predicted octanol–water partition coefficient (Wildman–Crippen LogP) is 1.69. The van der Waals surface area contributed by atoms with E-state index in [0.717, 1.165) is 6.07 Å². The molecule has 0 radical (unpaired) electrons. The molecular formula is C13H11FN4O2. The molecule has 1 aromatic heterocycles. The molecule has 6 nitrogen and oxygen atoms in total. The fraction of sp³-hybridized carbons (Fsp3) is 0.154. The minimum atomic E-state index is -0.553. The zero-order chi connectivity index (χ0) is 14.7. The first-order valence-electron chi connectivity index (χ1n) is 5.63. The second-order valence-corrected chi connectivity index (χ2v) is 3.95. The van der Waals surface area contributed by atoms with Crippen molar-refractivity contribution in [2.75, 3.05) is 12.4 Å². The number of aromatic nitrogens is 2. The maximum Gasteiger partial charge on any atom is 0.256 e. The number of aryl methyl sites for hydroxylation is 1. The van der Waals surface area contributed by atoms with E-state index in [1.807, 2.05) is 6.07 Å². The summed E-state index contributed by atoms with van der Waals surface area (Å²) in [5.41, 5.74) is 0.461. The van der Waals surface area contributed by atoms with Gasteiger partial charge in [0.15, 0.2) is 11.6 Å². The molecule has 0 bridgehead atoms. The summed E-state index contributed by atoms with van der Waals surface area (Å²) in [6, 6.07) is 5.68. The molecule has 1 amide bonds. The third-order valence-electron chi connectivity index (χ3n) is 2.70. The van der Waals surface area contributed by atoms with Crippen LogP contribution in [0.5, 0.6) is 5.75 Å². The number of rotatable bonds is 3. The molecule has 0 aliphatic rings. The molecule has 102 valence electrons. The summed E-state index contributed by atoms with van der Waals surface area (Å²) in [6.07, 6.45) is 1.35. The Bertz CT molecular complexity index is 703. The Hall–Kier alpha value is -2.88. The second-order valence-electron chi connectivity index (χ2n) is 3.95. The monoisotopic (exact) mass is 274 g/mol. The minimum absolute atomic E-state index is 0.0248. The molecule has 1 heterocycles. The fourth-order valence-corrected chi connectivity index (χ4v) is 1.65. The van der Waals surface area contributed by atoms with Gasteiger partial charge in [0, 0.05) is 12.6 Å². The highest BCUT2D eigenvalue weighted by Crippen LogP contribution is 2.20. The summed E-state index contributed by atoms with van der Waals surface area (Å²) in [5, 5.41) is 15.3. The van der Waals surface area contributed by atoms with Gasteiger partial charge in [0.05, 0.1) is 13.3 Å². The number of nitrogens with zero attached hydrogens (tertiary/aromatic N) is 3. The van der Waals surface area contributed by atoms with Gasteiger partial charge in [-0.1, -0.05) is 0 Å². The topological polar surface area (TPSA) is 79.9 Å². The minimum Gasteiger partial charge on any atom is -0.494 e. The van der Waals surface area contributed by atoms with Gasteiger partial charge in [0.1, 0.15) is 17.5 Å². The first-order chi connectivity index (χ1) is 9.56.